The Bertz CT molecular complexity index is 427. The van der Waals surface area contributed by atoms with Gasteiger partial charge in [0.05, 0.1) is 16.6 Å². The first kappa shape index (κ1) is 14.9. The van der Waals surface area contributed by atoms with E-state index < -0.39 is 0 Å². The summed E-state index contributed by atoms with van der Waals surface area (Å²) in [4.78, 5) is 0. The molecule has 0 saturated carbocycles. The first-order chi connectivity index (χ1) is 9.15. The first-order valence-corrected chi connectivity index (χ1v) is 7.73. The summed E-state index contributed by atoms with van der Waals surface area (Å²) >= 11 is 3.26. The van der Waals surface area contributed by atoms with E-state index in [1.165, 1.54) is 0 Å². The molecule has 106 valence electrons. The fourth-order valence-corrected chi connectivity index (χ4v) is 2.99. The van der Waals surface area contributed by atoms with Gasteiger partial charge in [-0.3, -0.25) is 0 Å². The molecule has 0 radical (unpaired) electrons. The highest BCUT2D eigenvalue weighted by molar-refractivity contribution is 9.10. The van der Waals surface area contributed by atoms with Gasteiger partial charge >= 0.3 is 0 Å². The zero-order valence-corrected chi connectivity index (χ0v) is 13.0. The molecule has 0 aromatic heterocycles. The second-order valence-electron chi connectivity index (χ2n) is 5.18. The van der Waals surface area contributed by atoms with Crippen LogP contribution in [0, 0.1) is 11.7 Å². The van der Waals surface area contributed by atoms with E-state index in [0.29, 0.717) is 16.0 Å². The summed E-state index contributed by atoms with van der Waals surface area (Å²) in [5.41, 5.74) is 0.696. The number of nitrogens with one attached hydrogen (secondary N) is 1. The maximum atomic E-state index is 14.3. The number of hydrogen-bond donors (Lipinski definition) is 1. The molecule has 1 aromatic rings. The highest BCUT2D eigenvalue weighted by Crippen LogP contribution is 2.34. The molecule has 2 nitrogen and oxygen atoms in total. The van der Waals surface area contributed by atoms with E-state index in [4.69, 9.17) is 4.74 Å². The molecule has 3 atom stereocenters. The number of hydrogen-bond acceptors (Lipinski definition) is 2. The van der Waals surface area contributed by atoms with Gasteiger partial charge in [0, 0.05) is 12.2 Å². The molecule has 0 bridgehead atoms. The van der Waals surface area contributed by atoms with Crippen molar-refractivity contribution in [1.29, 1.82) is 0 Å². The molecule has 1 aliphatic heterocycles. The standard InChI is InChI=1S/C15H21BrFNO/c1-3-8-18-14(15-10(2)7-9-19-15)11-5-4-6-12(16)13(11)17/h4-6,10,14-15,18H,3,7-9H2,1-2H3. The molecular formula is C15H21BrFNO. The lowest BCUT2D eigenvalue weighted by Crippen LogP contribution is -2.35. The van der Waals surface area contributed by atoms with Crippen molar-refractivity contribution in [2.24, 2.45) is 5.92 Å². The maximum Gasteiger partial charge on any atom is 0.142 e. The van der Waals surface area contributed by atoms with Crippen LogP contribution >= 0.6 is 15.9 Å². The minimum Gasteiger partial charge on any atom is -0.376 e. The average molecular weight is 330 g/mol. The third-order valence-electron chi connectivity index (χ3n) is 3.70. The van der Waals surface area contributed by atoms with E-state index in [1.807, 2.05) is 12.1 Å². The van der Waals surface area contributed by atoms with Crippen molar-refractivity contribution in [3.05, 3.63) is 34.1 Å². The van der Waals surface area contributed by atoms with Gasteiger partial charge in [0.1, 0.15) is 5.82 Å². The van der Waals surface area contributed by atoms with E-state index in [0.717, 1.165) is 26.0 Å². The molecular weight excluding hydrogens is 309 g/mol. The second kappa shape index (κ2) is 6.82. The van der Waals surface area contributed by atoms with Crippen LogP contribution in [0.2, 0.25) is 0 Å². The van der Waals surface area contributed by atoms with Crippen molar-refractivity contribution in [2.75, 3.05) is 13.2 Å². The van der Waals surface area contributed by atoms with Gasteiger partial charge in [-0.25, -0.2) is 4.39 Å². The summed E-state index contributed by atoms with van der Waals surface area (Å²) in [7, 11) is 0. The van der Waals surface area contributed by atoms with Gasteiger partial charge in [0.25, 0.3) is 0 Å². The molecule has 1 N–H and O–H groups in total. The Morgan fingerprint density at radius 3 is 2.95 bits per heavy atom. The molecule has 4 heteroatoms. The van der Waals surface area contributed by atoms with Crippen LogP contribution in [0.3, 0.4) is 0 Å². The van der Waals surface area contributed by atoms with Crippen LogP contribution in [0.5, 0.6) is 0 Å². The Kier molecular flexibility index (Phi) is 5.37. The van der Waals surface area contributed by atoms with Crippen molar-refractivity contribution >= 4 is 15.9 Å². The minimum absolute atomic E-state index is 0.0512. The fourth-order valence-electron chi connectivity index (χ4n) is 2.61. The summed E-state index contributed by atoms with van der Waals surface area (Å²) in [6.07, 6.45) is 2.12. The smallest absolute Gasteiger partial charge is 0.142 e. The van der Waals surface area contributed by atoms with E-state index >= 15 is 0 Å². The zero-order valence-electron chi connectivity index (χ0n) is 11.5. The van der Waals surface area contributed by atoms with Gasteiger partial charge in [-0.1, -0.05) is 26.0 Å². The van der Waals surface area contributed by atoms with Gasteiger partial charge in [-0.15, -0.1) is 0 Å². The van der Waals surface area contributed by atoms with E-state index in [1.54, 1.807) is 6.07 Å². The van der Waals surface area contributed by atoms with Gasteiger partial charge in [-0.2, -0.15) is 0 Å². The van der Waals surface area contributed by atoms with E-state index in [-0.39, 0.29) is 18.0 Å². The third kappa shape index (κ3) is 3.36. The predicted octanol–water partition coefficient (Wildman–Crippen LogP) is 4.05. The van der Waals surface area contributed by atoms with E-state index in [2.05, 4.69) is 35.1 Å². The van der Waals surface area contributed by atoms with Crippen LogP contribution in [0.4, 0.5) is 4.39 Å². The van der Waals surface area contributed by atoms with Gasteiger partial charge in [0.2, 0.25) is 0 Å². The molecule has 3 unspecified atom stereocenters. The highest BCUT2D eigenvalue weighted by atomic mass is 79.9. The summed E-state index contributed by atoms with van der Waals surface area (Å²) in [5, 5.41) is 3.44. The van der Waals surface area contributed by atoms with Crippen LogP contribution in [0.1, 0.15) is 38.3 Å². The normalized spacial score (nSPS) is 24.6. The van der Waals surface area contributed by atoms with Crippen molar-refractivity contribution in [3.8, 4) is 0 Å². The Morgan fingerprint density at radius 1 is 1.53 bits per heavy atom. The highest BCUT2D eigenvalue weighted by Gasteiger charge is 2.34. The summed E-state index contributed by atoms with van der Waals surface area (Å²) in [6.45, 7) is 5.92. The van der Waals surface area contributed by atoms with Crippen molar-refractivity contribution in [2.45, 2.75) is 38.8 Å². The molecule has 0 amide bonds. The summed E-state index contributed by atoms with van der Waals surface area (Å²) in [6, 6.07) is 5.38. The second-order valence-corrected chi connectivity index (χ2v) is 6.03. The zero-order chi connectivity index (χ0) is 13.8. The van der Waals surface area contributed by atoms with Gasteiger partial charge in [0.15, 0.2) is 0 Å². The Hall–Kier alpha value is -0.450. The molecule has 2 rings (SSSR count). The molecule has 0 spiro atoms. The molecule has 1 aliphatic rings. The number of halogens is 2. The fraction of sp³-hybridized carbons (Fsp3) is 0.600. The molecule has 19 heavy (non-hydrogen) atoms. The lowest BCUT2D eigenvalue weighted by atomic mass is 9.92. The van der Waals surface area contributed by atoms with E-state index in [9.17, 15) is 4.39 Å². The quantitative estimate of drug-likeness (QED) is 0.879. The SMILES string of the molecule is CCCNC(c1cccc(Br)c1F)C1OCCC1C. The monoisotopic (exact) mass is 329 g/mol. The van der Waals surface area contributed by atoms with Crippen LogP contribution in [-0.4, -0.2) is 19.3 Å². The van der Waals surface area contributed by atoms with Crippen LogP contribution in [0.15, 0.2) is 22.7 Å². The molecule has 1 heterocycles. The van der Waals surface area contributed by atoms with Gasteiger partial charge in [-0.05, 0) is 47.3 Å². The number of rotatable bonds is 5. The van der Waals surface area contributed by atoms with Gasteiger partial charge < -0.3 is 10.1 Å². The van der Waals surface area contributed by atoms with Crippen molar-refractivity contribution < 1.29 is 9.13 Å². The first-order valence-electron chi connectivity index (χ1n) is 6.94. The van der Waals surface area contributed by atoms with Crippen LogP contribution in [-0.2, 0) is 4.74 Å². The molecule has 1 fully saturated rings. The van der Waals surface area contributed by atoms with Crippen molar-refractivity contribution in [3.63, 3.8) is 0 Å². The lowest BCUT2D eigenvalue weighted by molar-refractivity contribution is 0.0596. The predicted molar refractivity (Wildman–Crippen MR) is 78.7 cm³/mol. The Labute approximate surface area is 122 Å². The van der Waals surface area contributed by atoms with Crippen LogP contribution < -0.4 is 5.32 Å². The summed E-state index contributed by atoms with van der Waals surface area (Å²) in [5.74, 6) is 0.270. The number of benzene rings is 1. The Morgan fingerprint density at radius 2 is 2.32 bits per heavy atom. The molecule has 1 saturated heterocycles. The number of ether oxygens (including phenoxy) is 1. The average Bonchev–Trinajstić information content (AvgIpc) is 2.81. The van der Waals surface area contributed by atoms with Crippen LogP contribution in [0.25, 0.3) is 0 Å². The lowest BCUT2D eigenvalue weighted by Gasteiger charge is -2.28. The molecule has 1 aromatic carbocycles. The topological polar surface area (TPSA) is 21.3 Å². The minimum atomic E-state index is -0.182. The van der Waals surface area contributed by atoms with Crippen molar-refractivity contribution in [1.82, 2.24) is 5.32 Å². The maximum absolute atomic E-state index is 14.3. The Balaban J connectivity index is 2.28. The summed E-state index contributed by atoms with van der Waals surface area (Å²) < 4.78 is 20.7. The molecule has 0 aliphatic carbocycles. The third-order valence-corrected chi connectivity index (χ3v) is 4.32. The largest absolute Gasteiger partial charge is 0.376 e.